The van der Waals surface area contributed by atoms with E-state index in [9.17, 15) is 13.2 Å². The number of hydrogen-bond donors (Lipinski definition) is 1. The number of hydrogen-bond acceptors (Lipinski definition) is 4. The minimum Gasteiger partial charge on any atom is -0.376 e. The summed E-state index contributed by atoms with van der Waals surface area (Å²) in [5, 5.41) is 2.95. The Bertz CT molecular complexity index is 638. The molecule has 21 heavy (non-hydrogen) atoms. The van der Waals surface area contributed by atoms with Crippen LogP contribution in [0.4, 0.5) is 0 Å². The van der Waals surface area contributed by atoms with Crippen LogP contribution in [0, 0.1) is 0 Å². The Morgan fingerprint density at radius 1 is 1.48 bits per heavy atom. The number of nitrogens with one attached hydrogen (secondary N) is 1. The molecule has 1 aromatic rings. The predicted octanol–water partition coefficient (Wildman–Crippen LogP) is 2.04. The first-order valence-electron chi connectivity index (χ1n) is 6.71. The molecular weight excluding hydrogens is 314 g/mol. The average molecular weight is 332 g/mol. The van der Waals surface area contributed by atoms with Crippen LogP contribution in [0.2, 0.25) is 5.02 Å². The normalized spacial score (nSPS) is 20.2. The molecule has 0 radical (unpaired) electrons. The van der Waals surface area contributed by atoms with Crippen molar-refractivity contribution >= 4 is 27.3 Å². The van der Waals surface area contributed by atoms with Crippen molar-refractivity contribution in [3.63, 3.8) is 0 Å². The summed E-state index contributed by atoms with van der Waals surface area (Å²) < 4.78 is 28.8. The molecule has 7 heteroatoms. The van der Waals surface area contributed by atoms with E-state index < -0.39 is 9.84 Å². The summed E-state index contributed by atoms with van der Waals surface area (Å²) in [6.45, 7) is 2.59. The molecule has 0 bridgehead atoms. The standard InChI is InChI=1S/C14H18ClNO4S/c1-9(12-4-3-7-20-12)16-14(17)10-5-6-11(15)13(8-10)21(2,18)19/h5-6,8-9,12H,3-4,7H2,1-2H3,(H,16,17)/t9-,12+/m1/s1. The fourth-order valence-corrected chi connectivity index (χ4v) is 3.61. The predicted molar refractivity (Wildman–Crippen MR) is 80.5 cm³/mol. The van der Waals surface area contributed by atoms with Crippen LogP contribution in [-0.4, -0.2) is 39.3 Å². The molecule has 1 aliphatic rings. The number of rotatable bonds is 4. The lowest BCUT2D eigenvalue weighted by Gasteiger charge is -2.20. The molecule has 1 saturated heterocycles. The van der Waals surface area contributed by atoms with E-state index in [2.05, 4.69) is 5.32 Å². The summed E-state index contributed by atoms with van der Waals surface area (Å²) in [5.74, 6) is -0.334. The molecule has 1 amide bonds. The maximum Gasteiger partial charge on any atom is 0.251 e. The second kappa shape index (κ2) is 6.34. The zero-order chi connectivity index (χ0) is 15.6. The van der Waals surface area contributed by atoms with Gasteiger partial charge in [-0.25, -0.2) is 8.42 Å². The lowest BCUT2D eigenvalue weighted by molar-refractivity contribution is 0.0712. The summed E-state index contributed by atoms with van der Waals surface area (Å²) in [5.41, 5.74) is 0.268. The third kappa shape index (κ3) is 3.96. The van der Waals surface area contributed by atoms with Crippen LogP contribution >= 0.6 is 11.6 Å². The summed E-state index contributed by atoms with van der Waals surface area (Å²) in [7, 11) is -3.47. The number of halogens is 1. The average Bonchev–Trinajstić information content (AvgIpc) is 2.91. The zero-order valence-electron chi connectivity index (χ0n) is 11.9. The molecule has 0 aromatic heterocycles. The van der Waals surface area contributed by atoms with E-state index in [-0.39, 0.29) is 33.5 Å². The quantitative estimate of drug-likeness (QED) is 0.916. The molecule has 0 aliphatic carbocycles. The molecule has 5 nitrogen and oxygen atoms in total. The van der Waals surface area contributed by atoms with E-state index >= 15 is 0 Å². The number of sulfone groups is 1. The largest absolute Gasteiger partial charge is 0.376 e. The molecule has 1 aliphatic heterocycles. The van der Waals surface area contributed by atoms with Crippen LogP contribution in [0.15, 0.2) is 23.1 Å². The topological polar surface area (TPSA) is 72.5 Å². The van der Waals surface area contributed by atoms with E-state index in [0.29, 0.717) is 6.61 Å². The molecule has 0 unspecified atom stereocenters. The number of ether oxygens (including phenoxy) is 1. The second-order valence-electron chi connectivity index (χ2n) is 5.23. The van der Waals surface area contributed by atoms with Crippen molar-refractivity contribution in [1.29, 1.82) is 0 Å². The molecule has 2 atom stereocenters. The van der Waals surface area contributed by atoms with E-state index in [0.717, 1.165) is 19.1 Å². The van der Waals surface area contributed by atoms with E-state index in [1.165, 1.54) is 18.2 Å². The minimum absolute atomic E-state index is 0.00984. The van der Waals surface area contributed by atoms with Gasteiger partial charge in [-0.2, -0.15) is 0 Å². The van der Waals surface area contributed by atoms with Crippen molar-refractivity contribution in [2.24, 2.45) is 0 Å². The Morgan fingerprint density at radius 3 is 2.76 bits per heavy atom. The van der Waals surface area contributed by atoms with E-state index in [1.54, 1.807) is 0 Å². The number of carbonyl (C=O) groups is 1. The van der Waals surface area contributed by atoms with Crippen LogP contribution in [0.1, 0.15) is 30.1 Å². The fraction of sp³-hybridized carbons (Fsp3) is 0.500. The lowest BCUT2D eigenvalue weighted by atomic mass is 10.1. The first-order chi connectivity index (χ1) is 9.79. The van der Waals surface area contributed by atoms with Crippen LogP contribution < -0.4 is 5.32 Å². The van der Waals surface area contributed by atoms with Crippen LogP contribution in [0.25, 0.3) is 0 Å². The van der Waals surface area contributed by atoms with Gasteiger partial charge in [0.25, 0.3) is 5.91 Å². The fourth-order valence-electron chi connectivity index (χ4n) is 2.31. The highest BCUT2D eigenvalue weighted by Gasteiger charge is 2.24. The van der Waals surface area contributed by atoms with Crippen LogP contribution in [0.5, 0.6) is 0 Å². The summed E-state index contributed by atoms with van der Waals surface area (Å²) >= 11 is 5.86. The monoisotopic (exact) mass is 331 g/mol. The Morgan fingerprint density at radius 2 is 2.19 bits per heavy atom. The summed E-state index contributed by atoms with van der Waals surface area (Å²) in [6.07, 6.45) is 2.97. The summed E-state index contributed by atoms with van der Waals surface area (Å²) in [4.78, 5) is 12.2. The van der Waals surface area contributed by atoms with Gasteiger partial charge < -0.3 is 10.1 Å². The highest BCUT2D eigenvalue weighted by atomic mass is 35.5. The Hall–Kier alpha value is -1.11. The zero-order valence-corrected chi connectivity index (χ0v) is 13.5. The molecule has 1 aromatic carbocycles. The third-order valence-corrected chi connectivity index (χ3v) is 5.05. The smallest absolute Gasteiger partial charge is 0.251 e. The molecule has 0 saturated carbocycles. The van der Waals surface area contributed by atoms with Gasteiger partial charge >= 0.3 is 0 Å². The van der Waals surface area contributed by atoms with Gasteiger partial charge in [0.1, 0.15) is 0 Å². The summed E-state index contributed by atoms with van der Waals surface area (Å²) in [6, 6.07) is 4.10. The Labute approximate surface area is 129 Å². The highest BCUT2D eigenvalue weighted by molar-refractivity contribution is 7.90. The third-order valence-electron chi connectivity index (χ3n) is 3.47. The van der Waals surface area contributed by atoms with Gasteiger partial charge in [0.2, 0.25) is 0 Å². The Balaban J connectivity index is 2.16. The number of benzene rings is 1. The van der Waals surface area contributed by atoms with Crippen LogP contribution in [0.3, 0.4) is 0 Å². The maximum atomic E-state index is 12.2. The lowest BCUT2D eigenvalue weighted by Crippen LogP contribution is -2.40. The van der Waals surface area contributed by atoms with Crippen molar-refractivity contribution in [2.45, 2.75) is 36.8 Å². The van der Waals surface area contributed by atoms with Crippen LogP contribution in [-0.2, 0) is 14.6 Å². The Kier molecular flexibility index (Phi) is 4.91. The van der Waals surface area contributed by atoms with Gasteiger partial charge in [-0.3, -0.25) is 4.79 Å². The molecule has 116 valence electrons. The first kappa shape index (κ1) is 16.3. The van der Waals surface area contributed by atoms with Crippen molar-refractivity contribution in [2.75, 3.05) is 12.9 Å². The molecule has 0 spiro atoms. The molecule has 1 heterocycles. The first-order valence-corrected chi connectivity index (χ1v) is 8.98. The van der Waals surface area contributed by atoms with Crippen molar-refractivity contribution in [1.82, 2.24) is 5.32 Å². The van der Waals surface area contributed by atoms with Gasteiger partial charge in [-0.15, -0.1) is 0 Å². The van der Waals surface area contributed by atoms with Crippen molar-refractivity contribution in [3.05, 3.63) is 28.8 Å². The number of carbonyl (C=O) groups excluding carboxylic acids is 1. The van der Waals surface area contributed by atoms with Crippen molar-refractivity contribution in [3.8, 4) is 0 Å². The van der Waals surface area contributed by atoms with Crippen molar-refractivity contribution < 1.29 is 17.9 Å². The molecule has 1 fully saturated rings. The van der Waals surface area contributed by atoms with Gasteiger partial charge in [0.05, 0.1) is 22.1 Å². The molecule has 2 rings (SSSR count). The van der Waals surface area contributed by atoms with Gasteiger partial charge in [-0.05, 0) is 38.0 Å². The van der Waals surface area contributed by atoms with E-state index in [4.69, 9.17) is 16.3 Å². The molecule has 1 N–H and O–H groups in total. The SMILES string of the molecule is C[C@@H](NC(=O)c1ccc(Cl)c(S(C)(=O)=O)c1)[C@@H]1CCCO1. The molecular formula is C14H18ClNO4S. The van der Waals surface area contributed by atoms with Gasteiger partial charge in [0, 0.05) is 18.4 Å². The highest BCUT2D eigenvalue weighted by Crippen LogP contribution is 2.23. The minimum atomic E-state index is -3.47. The van der Waals surface area contributed by atoms with Gasteiger partial charge in [0.15, 0.2) is 9.84 Å². The van der Waals surface area contributed by atoms with Gasteiger partial charge in [-0.1, -0.05) is 11.6 Å². The maximum absolute atomic E-state index is 12.2. The van der Waals surface area contributed by atoms with E-state index in [1.807, 2.05) is 6.92 Å². The second-order valence-corrected chi connectivity index (χ2v) is 7.62. The number of amides is 1.